The molecule has 0 unspecified atom stereocenters. The van der Waals surface area contributed by atoms with Crippen molar-refractivity contribution in [2.24, 2.45) is 0 Å². The van der Waals surface area contributed by atoms with Crippen LogP contribution in [0.25, 0.3) is 0 Å². The van der Waals surface area contributed by atoms with Crippen LogP contribution in [-0.2, 0) is 9.53 Å². The first kappa shape index (κ1) is 25.5. The van der Waals surface area contributed by atoms with Crippen LogP contribution in [0, 0.1) is 0 Å². The van der Waals surface area contributed by atoms with Crippen molar-refractivity contribution in [1.29, 1.82) is 0 Å². The summed E-state index contributed by atoms with van der Waals surface area (Å²) in [4.78, 5) is 10.3. The van der Waals surface area contributed by atoms with Gasteiger partial charge in [0.15, 0.2) is 6.29 Å². The van der Waals surface area contributed by atoms with Gasteiger partial charge in [-0.05, 0) is 6.42 Å². The van der Waals surface area contributed by atoms with E-state index in [2.05, 4.69) is 6.92 Å². The SMILES string of the molecule is CCCCCCCCCCCCCCOC[C@@H](O)[C@@H](O)[C@H](O)[C@@H](O)C=O. The second kappa shape index (κ2) is 17.9. The summed E-state index contributed by atoms with van der Waals surface area (Å²) in [5.41, 5.74) is 0. The van der Waals surface area contributed by atoms with Crippen LogP contribution in [0.2, 0.25) is 0 Å². The minimum absolute atomic E-state index is 0.119. The third-order valence-corrected chi connectivity index (χ3v) is 4.66. The lowest BCUT2D eigenvalue weighted by molar-refractivity contribution is -0.138. The van der Waals surface area contributed by atoms with Crippen LogP contribution in [0.3, 0.4) is 0 Å². The standard InChI is InChI=1S/C20H40O6/c1-2-3-4-5-6-7-8-9-10-11-12-13-14-26-16-18(23)20(25)19(24)17(22)15-21/h15,17-20,22-25H,2-14,16H2,1H3/t17-,18+,19+,20+/m0/s1. The number of aliphatic hydroxyl groups excluding tert-OH is 4. The highest BCUT2D eigenvalue weighted by atomic mass is 16.5. The van der Waals surface area contributed by atoms with E-state index in [1.807, 2.05) is 0 Å². The van der Waals surface area contributed by atoms with E-state index in [9.17, 15) is 20.1 Å². The highest BCUT2D eigenvalue weighted by molar-refractivity contribution is 5.56. The van der Waals surface area contributed by atoms with Gasteiger partial charge in [-0.15, -0.1) is 0 Å². The molecule has 0 rings (SSSR count). The molecule has 0 heterocycles. The van der Waals surface area contributed by atoms with Crippen LogP contribution in [0.1, 0.15) is 84.0 Å². The van der Waals surface area contributed by atoms with Gasteiger partial charge in [-0.3, -0.25) is 0 Å². The van der Waals surface area contributed by atoms with Crippen molar-refractivity contribution < 1.29 is 30.0 Å². The average molecular weight is 377 g/mol. The summed E-state index contributed by atoms with van der Waals surface area (Å²) in [6, 6.07) is 0. The lowest BCUT2D eigenvalue weighted by Crippen LogP contribution is -2.46. The van der Waals surface area contributed by atoms with Crippen LogP contribution in [0.4, 0.5) is 0 Å². The van der Waals surface area contributed by atoms with Gasteiger partial charge in [-0.25, -0.2) is 0 Å². The van der Waals surface area contributed by atoms with Crippen molar-refractivity contribution in [2.45, 2.75) is 108 Å². The number of aldehydes is 1. The molecule has 0 aromatic heterocycles. The summed E-state index contributed by atoms with van der Waals surface area (Å²) in [6.07, 6.45) is 8.85. The predicted molar refractivity (Wildman–Crippen MR) is 102 cm³/mol. The molecule has 0 aliphatic carbocycles. The molecule has 0 radical (unpaired) electrons. The van der Waals surface area contributed by atoms with Gasteiger partial charge in [0.1, 0.15) is 24.4 Å². The van der Waals surface area contributed by atoms with Crippen LogP contribution in [-0.4, -0.2) is 64.3 Å². The summed E-state index contributed by atoms with van der Waals surface area (Å²) in [7, 11) is 0. The summed E-state index contributed by atoms with van der Waals surface area (Å²) < 4.78 is 5.28. The van der Waals surface area contributed by atoms with Crippen LogP contribution < -0.4 is 0 Å². The predicted octanol–water partition coefficient (Wildman–Crippen LogP) is 2.35. The van der Waals surface area contributed by atoms with E-state index in [4.69, 9.17) is 9.84 Å². The minimum atomic E-state index is -1.71. The Balaban J connectivity index is 3.39. The van der Waals surface area contributed by atoms with E-state index in [1.54, 1.807) is 0 Å². The van der Waals surface area contributed by atoms with Gasteiger partial charge in [0, 0.05) is 6.61 Å². The molecule has 156 valence electrons. The highest BCUT2D eigenvalue weighted by Gasteiger charge is 2.30. The average Bonchev–Trinajstić information content (AvgIpc) is 2.66. The third-order valence-electron chi connectivity index (χ3n) is 4.66. The number of carbonyl (C=O) groups excluding carboxylic acids is 1. The summed E-state index contributed by atoms with van der Waals surface area (Å²) in [6.45, 7) is 2.58. The zero-order valence-corrected chi connectivity index (χ0v) is 16.4. The van der Waals surface area contributed by atoms with Crippen molar-refractivity contribution in [3.05, 3.63) is 0 Å². The number of aliphatic hydroxyl groups is 4. The fourth-order valence-corrected chi connectivity index (χ4v) is 2.86. The Morgan fingerprint density at radius 3 is 1.65 bits per heavy atom. The Morgan fingerprint density at radius 2 is 1.19 bits per heavy atom. The van der Waals surface area contributed by atoms with Gasteiger partial charge < -0.3 is 30.0 Å². The molecule has 4 N–H and O–H groups in total. The van der Waals surface area contributed by atoms with E-state index in [0.717, 1.165) is 12.8 Å². The fraction of sp³-hybridized carbons (Fsp3) is 0.950. The Labute approximate surface area is 158 Å². The molecule has 0 aliphatic rings. The van der Waals surface area contributed by atoms with Gasteiger partial charge in [0.25, 0.3) is 0 Å². The maximum absolute atomic E-state index is 10.3. The Morgan fingerprint density at radius 1 is 0.731 bits per heavy atom. The molecule has 0 bridgehead atoms. The molecule has 6 heteroatoms. The highest BCUT2D eigenvalue weighted by Crippen LogP contribution is 2.12. The number of hydrogen-bond donors (Lipinski definition) is 4. The van der Waals surface area contributed by atoms with Crippen molar-refractivity contribution in [3.8, 4) is 0 Å². The number of rotatable bonds is 19. The zero-order valence-electron chi connectivity index (χ0n) is 16.4. The summed E-state index contributed by atoms with van der Waals surface area (Å²) in [5.74, 6) is 0. The molecule has 0 amide bonds. The molecule has 0 saturated heterocycles. The van der Waals surface area contributed by atoms with Crippen molar-refractivity contribution in [3.63, 3.8) is 0 Å². The maximum Gasteiger partial charge on any atom is 0.151 e. The van der Waals surface area contributed by atoms with E-state index in [0.29, 0.717) is 6.61 Å². The first-order chi connectivity index (χ1) is 12.5. The Kier molecular flexibility index (Phi) is 17.5. The maximum atomic E-state index is 10.3. The van der Waals surface area contributed by atoms with E-state index >= 15 is 0 Å². The third kappa shape index (κ3) is 13.6. The van der Waals surface area contributed by atoms with Gasteiger partial charge in [-0.1, -0.05) is 77.6 Å². The lowest BCUT2D eigenvalue weighted by atomic mass is 10.0. The van der Waals surface area contributed by atoms with E-state index < -0.39 is 24.4 Å². The lowest BCUT2D eigenvalue weighted by Gasteiger charge is -2.23. The minimum Gasteiger partial charge on any atom is -0.388 e. The molecule has 4 atom stereocenters. The van der Waals surface area contributed by atoms with Crippen LogP contribution in [0.5, 0.6) is 0 Å². The Hall–Kier alpha value is -0.530. The number of ether oxygens (including phenoxy) is 1. The molecule has 26 heavy (non-hydrogen) atoms. The molecule has 0 saturated carbocycles. The molecule has 0 spiro atoms. The van der Waals surface area contributed by atoms with Gasteiger partial charge >= 0.3 is 0 Å². The Bertz CT molecular complexity index is 313. The van der Waals surface area contributed by atoms with Crippen LogP contribution in [0.15, 0.2) is 0 Å². The van der Waals surface area contributed by atoms with Crippen molar-refractivity contribution >= 4 is 6.29 Å². The first-order valence-electron chi connectivity index (χ1n) is 10.3. The van der Waals surface area contributed by atoms with Crippen molar-refractivity contribution in [1.82, 2.24) is 0 Å². The van der Waals surface area contributed by atoms with Gasteiger partial charge in [0.2, 0.25) is 0 Å². The van der Waals surface area contributed by atoms with E-state index in [1.165, 1.54) is 64.2 Å². The second-order valence-corrected chi connectivity index (χ2v) is 7.14. The second-order valence-electron chi connectivity index (χ2n) is 7.14. The van der Waals surface area contributed by atoms with E-state index in [-0.39, 0.29) is 12.9 Å². The van der Waals surface area contributed by atoms with Crippen LogP contribution >= 0.6 is 0 Å². The molecular formula is C20H40O6. The molecule has 0 fully saturated rings. The molecule has 0 aromatic carbocycles. The molecular weight excluding hydrogens is 336 g/mol. The van der Waals surface area contributed by atoms with Gasteiger partial charge in [-0.2, -0.15) is 0 Å². The first-order valence-corrected chi connectivity index (χ1v) is 10.3. The fourth-order valence-electron chi connectivity index (χ4n) is 2.86. The molecule has 6 nitrogen and oxygen atoms in total. The quantitative estimate of drug-likeness (QED) is 0.204. The monoisotopic (exact) mass is 376 g/mol. The summed E-state index contributed by atoms with van der Waals surface area (Å²) in [5, 5.41) is 37.8. The largest absolute Gasteiger partial charge is 0.388 e. The number of hydrogen-bond acceptors (Lipinski definition) is 6. The molecule has 0 aliphatic heterocycles. The topological polar surface area (TPSA) is 107 Å². The zero-order chi connectivity index (χ0) is 19.6. The molecule has 0 aromatic rings. The smallest absolute Gasteiger partial charge is 0.151 e. The summed E-state index contributed by atoms with van der Waals surface area (Å²) >= 11 is 0. The number of carbonyl (C=O) groups is 1. The normalized spacial score (nSPS) is 16.2. The van der Waals surface area contributed by atoms with Gasteiger partial charge in [0.05, 0.1) is 6.61 Å². The van der Waals surface area contributed by atoms with Crippen molar-refractivity contribution in [2.75, 3.05) is 13.2 Å². The number of unbranched alkanes of at least 4 members (excludes halogenated alkanes) is 11.